The van der Waals surface area contributed by atoms with E-state index in [1.54, 1.807) is 17.0 Å². The van der Waals surface area contributed by atoms with Gasteiger partial charge in [-0.25, -0.2) is 23.2 Å². The van der Waals surface area contributed by atoms with Crippen molar-refractivity contribution in [3.8, 4) is 0 Å². The van der Waals surface area contributed by atoms with Gasteiger partial charge in [-0.15, -0.1) is 0 Å². The Hall–Kier alpha value is -5.56. The van der Waals surface area contributed by atoms with Crippen LogP contribution >= 0.6 is 0 Å². The molecule has 274 valence electrons. The molecule has 6 rings (SSSR count). The van der Waals surface area contributed by atoms with Crippen LogP contribution in [0.2, 0.25) is 0 Å². The van der Waals surface area contributed by atoms with E-state index >= 15 is 0 Å². The number of benzene rings is 2. The minimum atomic E-state index is -4.76. The predicted octanol–water partition coefficient (Wildman–Crippen LogP) is 3.81. The summed E-state index contributed by atoms with van der Waals surface area (Å²) in [4.78, 5) is 45.8. The van der Waals surface area contributed by atoms with Crippen LogP contribution in [0.5, 0.6) is 0 Å². The smallest absolute Gasteiger partial charge is 0.369 e. The zero-order valence-electron chi connectivity index (χ0n) is 28.3. The molecule has 0 spiro atoms. The summed E-state index contributed by atoms with van der Waals surface area (Å²) in [5.41, 5.74) is 2.41. The molecule has 52 heavy (non-hydrogen) atoms. The van der Waals surface area contributed by atoms with Crippen molar-refractivity contribution in [1.82, 2.24) is 30.2 Å². The molecule has 2 saturated heterocycles. The lowest BCUT2D eigenvalue weighted by atomic mass is 10.1. The summed E-state index contributed by atoms with van der Waals surface area (Å²) in [6.07, 6.45) is -0.240. The average molecular weight is 740 g/mol. The van der Waals surface area contributed by atoms with Gasteiger partial charge in [0.05, 0.1) is 12.8 Å². The number of amides is 3. The van der Waals surface area contributed by atoms with Crippen LogP contribution < -0.4 is 30.1 Å². The molecule has 3 amide bonds. The Labute approximate surface area is 297 Å². The summed E-state index contributed by atoms with van der Waals surface area (Å²) in [7, 11) is -2.43. The number of aromatic nitrogens is 4. The second kappa shape index (κ2) is 15.0. The molecule has 0 radical (unpaired) electrons. The van der Waals surface area contributed by atoms with Crippen LogP contribution in [0.4, 0.5) is 52.6 Å². The van der Waals surface area contributed by atoms with E-state index in [-0.39, 0.29) is 36.3 Å². The number of anilines is 6. The fraction of sp³-hybridized carbons (Fsp3) is 0.333. The summed E-state index contributed by atoms with van der Waals surface area (Å²) in [5.74, 6) is -0.888. The number of carbonyl (C=O) groups excluding carboxylic acids is 2. The zero-order chi connectivity index (χ0) is 37.0. The summed E-state index contributed by atoms with van der Waals surface area (Å²) in [5, 5.41) is 7.91. The van der Waals surface area contributed by atoms with Crippen LogP contribution in [0.25, 0.3) is 0 Å². The van der Waals surface area contributed by atoms with Crippen LogP contribution in [-0.4, -0.2) is 91.2 Å². The highest BCUT2D eigenvalue weighted by molar-refractivity contribution is 7.92. The second-order valence-corrected chi connectivity index (χ2v) is 14.2. The van der Waals surface area contributed by atoms with Crippen LogP contribution in [0.3, 0.4) is 0 Å². The quantitative estimate of drug-likeness (QED) is 0.204. The number of nitrogens with one attached hydrogen (secondary N) is 3. The Morgan fingerprint density at radius 3 is 2.23 bits per heavy atom. The van der Waals surface area contributed by atoms with Gasteiger partial charge in [-0.2, -0.15) is 18.2 Å². The minimum Gasteiger partial charge on any atom is -0.369 e. The van der Waals surface area contributed by atoms with Crippen molar-refractivity contribution in [1.29, 1.82) is 0 Å². The van der Waals surface area contributed by atoms with E-state index in [1.165, 1.54) is 19.4 Å². The highest BCUT2D eigenvalue weighted by Gasteiger charge is 2.35. The molecule has 0 unspecified atom stereocenters. The van der Waals surface area contributed by atoms with E-state index in [2.05, 4.69) is 45.7 Å². The highest BCUT2D eigenvalue weighted by atomic mass is 32.2. The first kappa shape index (κ1) is 36.2. The molecule has 2 aliphatic heterocycles. The highest BCUT2D eigenvalue weighted by Crippen LogP contribution is 2.35. The number of alkyl halides is 3. The SMILES string of the molecule is CN(c1nccnc1CNc1nc(Nc2ccc(N3CCN(Cc4ccc(N5CCC(=O)NC5=O)cc4)CC3)cc2)ncc1C(F)(F)F)S(C)(=O)=O. The molecule has 2 aliphatic rings. The maximum absolute atomic E-state index is 13.9. The van der Waals surface area contributed by atoms with Gasteiger partial charge in [0.2, 0.25) is 21.9 Å². The Kier molecular flexibility index (Phi) is 10.4. The van der Waals surface area contributed by atoms with Gasteiger partial charge < -0.3 is 15.5 Å². The monoisotopic (exact) mass is 739 g/mol. The molecule has 19 heteroatoms. The molecule has 3 N–H and O–H groups in total. The van der Waals surface area contributed by atoms with Gasteiger partial charge in [0.1, 0.15) is 17.1 Å². The van der Waals surface area contributed by atoms with Crippen molar-refractivity contribution in [3.05, 3.63) is 83.9 Å². The number of urea groups is 1. The van der Waals surface area contributed by atoms with E-state index < -0.39 is 33.6 Å². The minimum absolute atomic E-state index is 0.0307. The number of carbonyl (C=O) groups is 2. The normalized spacial score (nSPS) is 15.7. The van der Waals surface area contributed by atoms with Crippen LogP contribution in [-0.2, 0) is 34.1 Å². The average Bonchev–Trinajstić information content (AvgIpc) is 3.11. The number of sulfonamides is 1. The maximum Gasteiger partial charge on any atom is 0.421 e. The van der Waals surface area contributed by atoms with Crippen molar-refractivity contribution >= 4 is 56.6 Å². The molecule has 2 aromatic carbocycles. The van der Waals surface area contributed by atoms with Gasteiger partial charge in [0, 0.05) is 88.4 Å². The second-order valence-electron chi connectivity index (χ2n) is 12.2. The Morgan fingerprint density at radius 2 is 1.58 bits per heavy atom. The Bertz CT molecular complexity index is 2030. The first-order chi connectivity index (χ1) is 24.7. The Balaban J connectivity index is 1.05. The molecule has 0 saturated carbocycles. The lowest BCUT2D eigenvalue weighted by Gasteiger charge is -2.36. The van der Waals surface area contributed by atoms with Gasteiger partial charge >= 0.3 is 12.2 Å². The van der Waals surface area contributed by atoms with Crippen molar-refractivity contribution in [2.45, 2.75) is 25.7 Å². The van der Waals surface area contributed by atoms with Gasteiger partial charge in [0.25, 0.3) is 0 Å². The summed E-state index contributed by atoms with van der Waals surface area (Å²) in [6.45, 7) is 4.05. The fourth-order valence-electron chi connectivity index (χ4n) is 5.75. The number of rotatable bonds is 11. The van der Waals surface area contributed by atoms with Gasteiger partial charge in [-0.05, 0) is 42.0 Å². The summed E-state index contributed by atoms with van der Waals surface area (Å²) >= 11 is 0. The maximum atomic E-state index is 13.9. The molecule has 4 heterocycles. The third-order valence-electron chi connectivity index (χ3n) is 8.63. The summed E-state index contributed by atoms with van der Waals surface area (Å²) < 4.78 is 66.6. The molecule has 0 aliphatic carbocycles. The standard InChI is InChI=1S/C33H36F3N11O4S/c1-44(52(2,50)51)30-27(37-12-13-38-30)20-39-29-26(33(34,35)36)19-40-31(43-29)41-23-5-9-24(10-6-23)46-17-15-45(16-18-46)21-22-3-7-25(8-4-22)47-14-11-28(48)42-32(47)49/h3-10,12-13,19H,11,14-18,20-21H2,1-2H3,(H,42,48,49)(H2,39,40,41,43). The lowest BCUT2D eigenvalue weighted by molar-refractivity contribution is -0.137. The predicted molar refractivity (Wildman–Crippen MR) is 189 cm³/mol. The van der Waals surface area contributed by atoms with Crippen molar-refractivity contribution < 1.29 is 31.2 Å². The first-order valence-corrected chi connectivity index (χ1v) is 18.1. The molecule has 0 bridgehead atoms. The summed E-state index contributed by atoms with van der Waals surface area (Å²) in [6, 6.07) is 14.8. The van der Waals surface area contributed by atoms with Crippen LogP contribution in [0.15, 0.2) is 67.1 Å². The van der Waals surface area contributed by atoms with Gasteiger partial charge in [-0.3, -0.25) is 29.2 Å². The largest absolute Gasteiger partial charge is 0.421 e. The Morgan fingerprint density at radius 1 is 0.904 bits per heavy atom. The number of imide groups is 1. The third kappa shape index (κ3) is 8.65. The number of hydrogen-bond donors (Lipinski definition) is 3. The van der Waals surface area contributed by atoms with Crippen LogP contribution in [0.1, 0.15) is 23.2 Å². The number of piperazine rings is 1. The lowest BCUT2D eigenvalue weighted by Crippen LogP contribution is -2.49. The molecular weight excluding hydrogens is 703 g/mol. The number of nitrogens with zero attached hydrogens (tertiary/aromatic N) is 8. The molecule has 15 nitrogen and oxygen atoms in total. The third-order valence-corrected chi connectivity index (χ3v) is 9.80. The van der Waals surface area contributed by atoms with Crippen molar-refractivity contribution in [2.75, 3.05) is 70.8 Å². The van der Waals surface area contributed by atoms with Crippen LogP contribution in [0, 0.1) is 0 Å². The zero-order valence-corrected chi connectivity index (χ0v) is 29.1. The van der Waals surface area contributed by atoms with Gasteiger partial charge in [-0.1, -0.05) is 12.1 Å². The van der Waals surface area contributed by atoms with E-state index in [0.29, 0.717) is 18.4 Å². The van der Waals surface area contributed by atoms with Gasteiger partial charge in [0.15, 0.2) is 5.82 Å². The molecule has 2 fully saturated rings. The van der Waals surface area contributed by atoms with Crippen molar-refractivity contribution in [2.24, 2.45) is 0 Å². The molecule has 0 atom stereocenters. The topological polar surface area (TPSA) is 169 Å². The van der Waals surface area contributed by atoms with E-state index in [4.69, 9.17) is 0 Å². The molecular formula is C33H36F3N11O4S. The van der Waals surface area contributed by atoms with Crippen molar-refractivity contribution in [3.63, 3.8) is 0 Å². The fourth-order valence-corrected chi connectivity index (χ4v) is 6.22. The molecule has 2 aromatic heterocycles. The van der Waals surface area contributed by atoms with E-state index in [1.807, 2.05) is 36.4 Å². The van der Waals surface area contributed by atoms with E-state index in [0.717, 1.165) is 60.2 Å². The first-order valence-electron chi connectivity index (χ1n) is 16.2. The number of halogens is 3. The number of hydrogen-bond acceptors (Lipinski definition) is 12. The molecule has 4 aromatic rings. The van der Waals surface area contributed by atoms with E-state index in [9.17, 15) is 31.2 Å².